The van der Waals surface area contributed by atoms with E-state index in [0.717, 1.165) is 32.2 Å². The van der Waals surface area contributed by atoms with Gasteiger partial charge >= 0.3 is 0 Å². The minimum absolute atomic E-state index is 0.411. The number of benzene rings is 1. The van der Waals surface area contributed by atoms with E-state index in [1.165, 1.54) is 18.9 Å². The van der Waals surface area contributed by atoms with Gasteiger partial charge in [0.25, 0.3) is 0 Å². The van der Waals surface area contributed by atoms with Crippen molar-refractivity contribution >= 4 is 0 Å². The summed E-state index contributed by atoms with van der Waals surface area (Å²) in [6.07, 6.45) is 2.44. The Balaban J connectivity index is 1.68. The number of piperidine rings is 1. The lowest BCUT2D eigenvalue weighted by Crippen LogP contribution is -2.60. The average Bonchev–Trinajstić information content (AvgIpc) is 2.31. The van der Waals surface area contributed by atoms with E-state index >= 15 is 0 Å². The lowest BCUT2D eigenvalue weighted by molar-refractivity contribution is 0.0370. The van der Waals surface area contributed by atoms with Crippen LogP contribution in [0.2, 0.25) is 0 Å². The average molecular weight is 252 g/mol. The van der Waals surface area contributed by atoms with Crippen LogP contribution in [0.4, 0.5) is 8.78 Å². The summed E-state index contributed by atoms with van der Waals surface area (Å²) >= 11 is 0. The summed E-state index contributed by atoms with van der Waals surface area (Å²) in [4.78, 5) is 2.29. The molecule has 0 aliphatic carbocycles. The Morgan fingerprint density at radius 3 is 2.78 bits per heavy atom. The van der Waals surface area contributed by atoms with Gasteiger partial charge in [-0.1, -0.05) is 6.07 Å². The highest BCUT2D eigenvalue weighted by atomic mass is 19.1. The zero-order valence-corrected chi connectivity index (χ0v) is 10.4. The highest BCUT2D eigenvalue weighted by molar-refractivity contribution is 5.18. The van der Waals surface area contributed by atoms with Crippen molar-refractivity contribution in [3.05, 3.63) is 35.4 Å². The molecule has 2 aliphatic rings. The van der Waals surface area contributed by atoms with Crippen LogP contribution in [0.5, 0.6) is 0 Å². The van der Waals surface area contributed by atoms with E-state index in [4.69, 9.17) is 0 Å². The lowest BCUT2D eigenvalue weighted by Gasteiger charge is -2.49. The second-order valence-corrected chi connectivity index (χ2v) is 5.65. The Bertz CT molecular complexity index is 443. The van der Waals surface area contributed by atoms with E-state index < -0.39 is 11.6 Å². The van der Waals surface area contributed by atoms with Crippen molar-refractivity contribution in [3.8, 4) is 0 Å². The summed E-state index contributed by atoms with van der Waals surface area (Å²) < 4.78 is 26.5. The van der Waals surface area contributed by atoms with Crippen LogP contribution in [0, 0.1) is 17.0 Å². The van der Waals surface area contributed by atoms with Gasteiger partial charge in [0.1, 0.15) is 11.6 Å². The van der Waals surface area contributed by atoms with Gasteiger partial charge < -0.3 is 5.32 Å². The van der Waals surface area contributed by atoms with Gasteiger partial charge in [-0.3, -0.25) is 4.90 Å². The maximum atomic E-state index is 13.6. The predicted molar refractivity (Wildman–Crippen MR) is 66.2 cm³/mol. The first-order valence-electron chi connectivity index (χ1n) is 6.54. The van der Waals surface area contributed by atoms with Crippen molar-refractivity contribution in [2.45, 2.75) is 19.4 Å². The van der Waals surface area contributed by atoms with Crippen LogP contribution in [0.15, 0.2) is 18.2 Å². The third-order valence-corrected chi connectivity index (χ3v) is 4.15. The van der Waals surface area contributed by atoms with Crippen LogP contribution in [0.1, 0.15) is 18.4 Å². The van der Waals surface area contributed by atoms with Crippen LogP contribution in [-0.2, 0) is 6.54 Å². The number of nitrogens with zero attached hydrogens (tertiary/aromatic N) is 1. The Morgan fingerprint density at radius 2 is 2.11 bits per heavy atom. The van der Waals surface area contributed by atoms with Crippen LogP contribution < -0.4 is 5.32 Å². The largest absolute Gasteiger partial charge is 0.315 e. The van der Waals surface area contributed by atoms with Crippen molar-refractivity contribution in [2.75, 3.05) is 26.2 Å². The molecule has 1 N–H and O–H groups in total. The summed E-state index contributed by atoms with van der Waals surface area (Å²) in [5, 5.41) is 3.32. The number of halogens is 2. The molecular weight excluding hydrogens is 234 g/mol. The molecule has 0 aromatic heterocycles. The zero-order chi connectivity index (χ0) is 12.6. The molecule has 2 heterocycles. The highest BCUT2D eigenvalue weighted by Crippen LogP contribution is 2.34. The van der Waals surface area contributed by atoms with E-state index in [1.807, 2.05) is 0 Å². The Kier molecular flexibility index (Phi) is 3.08. The maximum Gasteiger partial charge on any atom is 0.130 e. The molecule has 0 bridgehead atoms. The number of nitrogens with one attached hydrogen (secondary N) is 1. The van der Waals surface area contributed by atoms with E-state index in [2.05, 4.69) is 10.2 Å². The summed E-state index contributed by atoms with van der Waals surface area (Å²) in [5.74, 6) is -0.934. The summed E-state index contributed by atoms with van der Waals surface area (Å²) in [5.41, 5.74) is 1.01. The van der Waals surface area contributed by atoms with Crippen LogP contribution in [0.25, 0.3) is 0 Å². The minimum atomic E-state index is -0.505. The normalized spacial score (nSPS) is 23.0. The van der Waals surface area contributed by atoms with Crippen LogP contribution in [-0.4, -0.2) is 31.1 Å². The van der Waals surface area contributed by atoms with Crippen molar-refractivity contribution in [1.29, 1.82) is 0 Å². The van der Waals surface area contributed by atoms with E-state index in [-0.39, 0.29) is 0 Å². The molecular formula is C14H18F2N2. The van der Waals surface area contributed by atoms with Crippen molar-refractivity contribution < 1.29 is 8.78 Å². The second kappa shape index (κ2) is 4.59. The number of hydrogen-bond acceptors (Lipinski definition) is 2. The molecule has 1 spiro atoms. The number of rotatable bonds is 2. The van der Waals surface area contributed by atoms with Gasteiger partial charge in [-0.05, 0) is 25.5 Å². The Labute approximate surface area is 106 Å². The molecule has 2 aliphatic heterocycles. The second-order valence-electron chi connectivity index (χ2n) is 5.65. The third kappa shape index (κ3) is 2.27. The van der Waals surface area contributed by atoms with Gasteiger partial charge in [0.2, 0.25) is 0 Å². The molecule has 2 fully saturated rings. The molecule has 3 rings (SSSR count). The first kappa shape index (κ1) is 12.1. The van der Waals surface area contributed by atoms with E-state index in [1.54, 1.807) is 6.07 Å². The fourth-order valence-corrected chi connectivity index (χ4v) is 3.10. The van der Waals surface area contributed by atoms with Gasteiger partial charge in [-0.15, -0.1) is 0 Å². The fraction of sp³-hybridized carbons (Fsp3) is 0.571. The van der Waals surface area contributed by atoms with Crippen molar-refractivity contribution in [2.24, 2.45) is 5.41 Å². The van der Waals surface area contributed by atoms with Crippen molar-refractivity contribution in [3.63, 3.8) is 0 Å². The molecule has 98 valence electrons. The molecule has 0 saturated carbocycles. The molecule has 2 nitrogen and oxygen atoms in total. The Morgan fingerprint density at radius 1 is 1.28 bits per heavy atom. The molecule has 0 radical (unpaired) electrons. The van der Waals surface area contributed by atoms with Gasteiger partial charge in [-0.25, -0.2) is 8.78 Å². The third-order valence-electron chi connectivity index (χ3n) is 4.15. The smallest absolute Gasteiger partial charge is 0.130 e. The summed E-state index contributed by atoms with van der Waals surface area (Å²) in [6, 6.07) is 3.87. The first-order chi connectivity index (χ1) is 8.67. The molecule has 1 aromatic rings. The number of hydrogen-bond donors (Lipinski definition) is 1. The minimum Gasteiger partial charge on any atom is -0.315 e. The Hall–Kier alpha value is -1.00. The summed E-state index contributed by atoms with van der Waals surface area (Å²) in [7, 11) is 0. The molecule has 18 heavy (non-hydrogen) atoms. The quantitative estimate of drug-likeness (QED) is 0.867. The zero-order valence-electron chi connectivity index (χ0n) is 10.4. The lowest BCUT2D eigenvalue weighted by atomic mass is 9.75. The fourth-order valence-electron chi connectivity index (χ4n) is 3.10. The monoisotopic (exact) mass is 252 g/mol. The van der Waals surface area contributed by atoms with Crippen LogP contribution in [0.3, 0.4) is 0 Å². The molecule has 1 aromatic carbocycles. The first-order valence-corrected chi connectivity index (χ1v) is 6.54. The van der Waals surface area contributed by atoms with E-state index in [9.17, 15) is 8.78 Å². The number of likely N-dealkylation sites (tertiary alicyclic amines) is 1. The summed E-state index contributed by atoms with van der Waals surface area (Å²) in [6.45, 7) is 4.79. The van der Waals surface area contributed by atoms with Gasteiger partial charge in [0.15, 0.2) is 0 Å². The van der Waals surface area contributed by atoms with Gasteiger partial charge in [0, 0.05) is 43.2 Å². The van der Waals surface area contributed by atoms with E-state index in [0.29, 0.717) is 17.5 Å². The topological polar surface area (TPSA) is 15.3 Å². The molecule has 0 amide bonds. The standard InChI is InChI=1S/C14H18F2N2/c15-12-3-2-11(13(16)6-12)7-18-5-1-4-14(10-18)8-17-9-14/h2-3,6,17H,1,4-5,7-10H2. The molecule has 2 saturated heterocycles. The molecule has 0 atom stereocenters. The molecule has 4 heteroatoms. The van der Waals surface area contributed by atoms with Gasteiger partial charge in [0.05, 0.1) is 0 Å². The van der Waals surface area contributed by atoms with Crippen molar-refractivity contribution in [1.82, 2.24) is 10.2 Å². The SMILES string of the molecule is Fc1ccc(CN2CCCC3(CNC3)C2)c(F)c1. The highest BCUT2D eigenvalue weighted by Gasteiger charge is 2.40. The van der Waals surface area contributed by atoms with Crippen LogP contribution >= 0.6 is 0 Å². The maximum absolute atomic E-state index is 13.6. The molecule has 0 unspecified atom stereocenters. The predicted octanol–water partition coefficient (Wildman–Crippen LogP) is 2.15. The van der Waals surface area contributed by atoms with Gasteiger partial charge in [-0.2, -0.15) is 0 Å².